The lowest BCUT2D eigenvalue weighted by Crippen LogP contribution is -2.48. The van der Waals surface area contributed by atoms with Crippen molar-refractivity contribution in [3.05, 3.63) is 90.0 Å². The number of amides is 1. The molecule has 0 unspecified atom stereocenters. The Morgan fingerprint density at radius 1 is 0.966 bits per heavy atom. The lowest BCUT2D eigenvalue weighted by Gasteiger charge is -2.34. The number of hydrogen-bond acceptors (Lipinski definition) is 5. The highest BCUT2D eigenvalue weighted by Gasteiger charge is 2.22. The molecule has 1 fully saturated rings. The monoisotopic (exact) mass is 387 g/mol. The molecule has 0 bridgehead atoms. The van der Waals surface area contributed by atoms with E-state index in [-0.39, 0.29) is 5.91 Å². The van der Waals surface area contributed by atoms with Crippen molar-refractivity contribution in [2.24, 2.45) is 0 Å². The molecule has 0 saturated carbocycles. The Morgan fingerprint density at radius 2 is 1.76 bits per heavy atom. The van der Waals surface area contributed by atoms with Gasteiger partial charge in [-0.3, -0.25) is 19.7 Å². The number of carbonyl (C=O) groups is 1. The molecule has 6 nitrogen and oxygen atoms in total. The van der Waals surface area contributed by atoms with Gasteiger partial charge in [0.25, 0.3) is 5.91 Å². The predicted molar refractivity (Wildman–Crippen MR) is 113 cm³/mol. The van der Waals surface area contributed by atoms with Crippen molar-refractivity contribution in [3.63, 3.8) is 0 Å². The summed E-state index contributed by atoms with van der Waals surface area (Å²) in [5, 5.41) is 3.29. The lowest BCUT2D eigenvalue weighted by atomic mass is 10.2. The third-order valence-electron chi connectivity index (χ3n) is 5.09. The van der Waals surface area contributed by atoms with Gasteiger partial charge in [0.15, 0.2) is 0 Å². The van der Waals surface area contributed by atoms with Gasteiger partial charge in [-0.2, -0.15) is 0 Å². The summed E-state index contributed by atoms with van der Waals surface area (Å²) in [6, 6.07) is 18.1. The summed E-state index contributed by atoms with van der Waals surface area (Å²) in [6.45, 7) is 4.75. The van der Waals surface area contributed by atoms with Crippen LogP contribution < -0.4 is 5.32 Å². The Labute approximate surface area is 171 Å². The predicted octanol–water partition coefficient (Wildman–Crippen LogP) is 3.05. The third-order valence-corrected chi connectivity index (χ3v) is 5.09. The number of nitrogens with one attached hydrogen (secondary N) is 1. The van der Waals surface area contributed by atoms with Crippen LogP contribution in [0.15, 0.2) is 73.2 Å². The fourth-order valence-corrected chi connectivity index (χ4v) is 3.48. The summed E-state index contributed by atoms with van der Waals surface area (Å²) < 4.78 is 0. The number of nitrogens with zero attached hydrogens (tertiary/aromatic N) is 4. The second-order valence-corrected chi connectivity index (χ2v) is 7.19. The number of pyridine rings is 2. The van der Waals surface area contributed by atoms with Crippen LogP contribution in [0.3, 0.4) is 0 Å². The van der Waals surface area contributed by atoms with Crippen molar-refractivity contribution in [2.45, 2.75) is 13.1 Å². The van der Waals surface area contributed by atoms with Crippen molar-refractivity contribution >= 4 is 11.6 Å². The van der Waals surface area contributed by atoms with Gasteiger partial charge in [-0.05, 0) is 23.8 Å². The second kappa shape index (κ2) is 9.30. The van der Waals surface area contributed by atoms with Crippen LogP contribution >= 0.6 is 0 Å². The molecule has 1 aliphatic rings. The summed E-state index contributed by atoms with van der Waals surface area (Å²) in [5.74, 6) is 0.0401. The van der Waals surface area contributed by atoms with E-state index in [4.69, 9.17) is 0 Å². The van der Waals surface area contributed by atoms with Crippen LogP contribution in [0.5, 0.6) is 0 Å². The Morgan fingerprint density at radius 3 is 2.52 bits per heavy atom. The van der Waals surface area contributed by atoms with E-state index in [1.165, 1.54) is 5.56 Å². The Hall–Kier alpha value is -3.25. The Kier molecular flexibility index (Phi) is 6.12. The van der Waals surface area contributed by atoms with Crippen LogP contribution in [-0.4, -0.2) is 51.9 Å². The van der Waals surface area contributed by atoms with Crippen LogP contribution in [0.4, 0.5) is 5.69 Å². The quantitative estimate of drug-likeness (QED) is 0.704. The van der Waals surface area contributed by atoms with Gasteiger partial charge in [0.05, 0.1) is 23.5 Å². The number of hydrogen-bond donors (Lipinski definition) is 1. The zero-order chi connectivity index (χ0) is 19.9. The molecular weight excluding hydrogens is 362 g/mol. The molecule has 148 valence electrons. The van der Waals surface area contributed by atoms with E-state index < -0.39 is 0 Å². The summed E-state index contributed by atoms with van der Waals surface area (Å²) >= 11 is 0. The number of carbonyl (C=O) groups excluding carboxylic acids is 1. The third kappa shape index (κ3) is 5.18. The van der Waals surface area contributed by atoms with Crippen LogP contribution in [0.1, 0.15) is 21.6 Å². The molecule has 0 spiro atoms. The number of piperazine rings is 1. The molecule has 29 heavy (non-hydrogen) atoms. The molecule has 4 rings (SSSR count). The topological polar surface area (TPSA) is 61.4 Å². The molecule has 0 atom stereocenters. The normalized spacial score (nSPS) is 14.6. The molecule has 1 saturated heterocycles. The molecule has 6 heteroatoms. The van der Waals surface area contributed by atoms with E-state index in [9.17, 15) is 4.79 Å². The van der Waals surface area contributed by atoms with E-state index in [0.29, 0.717) is 12.1 Å². The SMILES string of the molecule is O=C(c1cncc(NCc2ccccn2)c1)N1CCN(Cc2ccccc2)CC1. The zero-order valence-electron chi connectivity index (χ0n) is 16.4. The minimum absolute atomic E-state index is 0.0401. The van der Waals surface area contributed by atoms with Crippen LogP contribution in [0.25, 0.3) is 0 Å². The first-order valence-electron chi connectivity index (χ1n) is 9.92. The average molecular weight is 387 g/mol. The van der Waals surface area contributed by atoms with Gasteiger partial charge in [-0.25, -0.2) is 0 Å². The molecule has 0 radical (unpaired) electrons. The highest BCUT2D eigenvalue weighted by Crippen LogP contribution is 2.14. The van der Waals surface area contributed by atoms with E-state index in [2.05, 4.69) is 44.5 Å². The lowest BCUT2D eigenvalue weighted by molar-refractivity contribution is 0.0628. The summed E-state index contributed by atoms with van der Waals surface area (Å²) in [6.07, 6.45) is 5.15. The van der Waals surface area contributed by atoms with Crippen LogP contribution in [0.2, 0.25) is 0 Å². The second-order valence-electron chi connectivity index (χ2n) is 7.19. The standard InChI is InChI=1S/C23H25N5O/c29-23(28-12-10-27(11-13-28)18-19-6-2-1-3-7-19)20-14-22(16-24-15-20)26-17-21-8-4-5-9-25-21/h1-9,14-16,26H,10-13,17-18H2. The fraction of sp³-hybridized carbons (Fsp3) is 0.261. The molecule has 3 heterocycles. The number of aromatic nitrogens is 2. The van der Waals surface area contributed by atoms with Gasteiger partial charge in [0, 0.05) is 51.3 Å². The van der Waals surface area contributed by atoms with Crippen LogP contribution in [0, 0.1) is 0 Å². The summed E-state index contributed by atoms with van der Waals surface area (Å²) in [7, 11) is 0. The molecule has 2 aromatic heterocycles. The number of benzene rings is 1. The first-order chi connectivity index (χ1) is 14.3. The molecule has 1 aliphatic heterocycles. The smallest absolute Gasteiger partial charge is 0.255 e. The highest BCUT2D eigenvalue weighted by atomic mass is 16.2. The van der Waals surface area contributed by atoms with Gasteiger partial charge < -0.3 is 10.2 Å². The molecule has 0 aliphatic carbocycles. The van der Waals surface area contributed by atoms with Gasteiger partial charge in [0.1, 0.15) is 0 Å². The zero-order valence-corrected chi connectivity index (χ0v) is 16.4. The minimum atomic E-state index is 0.0401. The van der Waals surface area contributed by atoms with Crippen LogP contribution in [-0.2, 0) is 13.1 Å². The van der Waals surface area contributed by atoms with Crippen molar-refractivity contribution in [3.8, 4) is 0 Å². The van der Waals surface area contributed by atoms with E-state index in [1.807, 2.05) is 35.2 Å². The first-order valence-corrected chi connectivity index (χ1v) is 9.92. The number of anilines is 1. The van der Waals surface area contributed by atoms with E-state index in [0.717, 1.165) is 44.1 Å². The maximum absolute atomic E-state index is 12.9. The largest absolute Gasteiger partial charge is 0.378 e. The molecular formula is C23H25N5O. The summed E-state index contributed by atoms with van der Waals surface area (Å²) in [4.78, 5) is 25.8. The van der Waals surface area contributed by atoms with Gasteiger partial charge >= 0.3 is 0 Å². The molecule has 1 amide bonds. The molecule has 1 aromatic carbocycles. The molecule has 3 aromatic rings. The highest BCUT2D eigenvalue weighted by molar-refractivity contribution is 5.94. The fourth-order valence-electron chi connectivity index (χ4n) is 3.48. The van der Waals surface area contributed by atoms with E-state index in [1.54, 1.807) is 18.6 Å². The number of rotatable bonds is 6. The maximum Gasteiger partial charge on any atom is 0.255 e. The first kappa shape index (κ1) is 19.1. The average Bonchev–Trinajstić information content (AvgIpc) is 2.79. The van der Waals surface area contributed by atoms with Crippen molar-refractivity contribution in [2.75, 3.05) is 31.5 Å². The van der Waals surface area contributed by atoms with Crippen molar-refractivity contribution in [1.82, 2.24) is 19.8 Å². The Balaban J connectivity index is 1.31. The van der Waals surface area contributed by atoms with Crippen molar-refractivity contribution in [1.29, 1.82) is 0 Å². The molecule has 1 N–H and O–H groups in total. The van der Waals surface area contributed by atoms with E-state index >= 15 is 0 Å². The van der Waals surface area contributed by atoms with Gasteiger partial charge in [-0.15, -0.1) is 0 Å². The van der Waals surface area contributed by atoms with Gasteiger partial charge in [0.2, 0.25) is 0 Å². The van der Waals surface area contributed by atoms with Crippen molar-refractivity contribution < 1.29 is 4.79 Å². The Bertz CT molecular complexity index is 924. The maximum atomic E-state index is 12.9. The van der Waals surface area contributed by atoms with Gasteiger partial charge in [-0.1, -0.05) is 36.4 Å². The summed E-state index contributed by atoms with van der Waals surface area (Å²) in [5.41, 5.74) is 3.69. The minimum Gasteiger partial charge on any atom is -0.378 e.